The van der Waals surface area contributed by atoms with Gasteiger partial charge >= 0.3 is 0 Å². The van der Waals surface area contributed by atoms with Gasteiger partial charge in [0.1, 0.15) is 0 Å². The number of nitrogens with one attached hydrogen (secondary N) is 1. The number of amides is 1. The number of rotatable bonds is 5. The minimum Gasteiger partial charge on any atom is -0.325 e. The molecule has 1 saturated heterocycles. The molecule has 6 nitrogen and oxygen atoms in total. The molecular weight excluding hydrogens is 465 g/mol. The molecule has 138 valence electrons. The van der Waals surface area contributed by atoms with Crippen LogP contribution in [-0.2, 0) is 14.8 Å². The molecule has 0 radical (unpaired) electrons. The lowest BCUT2D eigenvalue weighted by Gasteiger charge is -2.33. The second-order valence-electron chi connectivity index (χ2n) is 6.05. The van der Waals surface area contributed by atoms with Gasteiger partial charge < -0.3 is 5.32 Å². The molecule has 2 aromatic rings. The Balaban J connectivity index is 1.53. The summed E-state index contributed by atoms with van der Waals surface area (Å²) in [5.41, 5.74) is 0.771. The fourth-order valence-electron chi connectivity index (χ4n) is 2.84. The van der Waals surface area contributed by atoms with Crippen molar-refractivity contribution in [3.8, 4) is 0 Å². The third-order valence-electron chi connectivity index (χ3n) is 4.19. The maximum atomic E-state index is 12.6. The molecule has 0 bridgehead atoms. The minimum atomic E-state index is -3.46. The van der Waals surface area contributed by atoms with Crippen molar-refractivity contribution in [2.24, 2.45) is 0 Å². The summed E-state index contributed by atoms with van der Waals surface area (Å²) in [6, 6.07) is 16.1. The molecule has 0 saturated carbocycles. The number of halogens is 1. The van der Waals surface area contributed by atoms with Crippen LogP contribution in [-0.4, -0.2) is 56.3 Å². The predicted molar refractivity (Wildman–Crippen MR) is 109 cm³/mol. The first-order chi connectivity index (χ1) is 12.4. The van der Waals surface area contributed by atoms with E-state index in [1.165, 1.54) is 4.31 Å². The zero-order valence-corrected chi connectivity index (χ0v) is 17.1. The van der Waals surface area contributed by atoms with Gasteiger partial charge in [0.05, 0.1) is 11.4 Å². The summed E-state index contributed by atoms with van der Waals surface area (Å²) >= 11 is 2.20. The molecule has 0 spiro atoms. The van der Waals surface area contributed by atoms with Crippen molar-refractivity contribution in [1.82, 2.24) is 9.21 Å². The van der Waals surface area contributed by atoms with Crippen LogP contribution < -0.4 is 5.32 Å². The van der Waals surface area contributed by atoms with E-state index >= 15 is 0 Å². The first kappa shape index (κ1) is 19.3. The van der Waals surface area contributed by atoms with E-state index in [1.54, 1.807) is 30.3 Å². The summed E-state index contributed by atoms with van der Waals surface area (Å²) in [5.74, 6) is -0.0913. The van der Waals surface area contributed by atoms with Crippen molar-refractivity contribution in [3.05, 3.63) is 58.2 Å². The van der Waals surface area contributed by atoms with E-state index in [2.05, 4.69) is 27.9 Å². The Hall–Kier alpha value is -1.49. The van der Waals surface area contributed by atoms with Gasteiger partial charge in [-0.2, -0.15) is 4.31 Å². The number of hydrogen-bond donors (Lipinski definition) is 1. The van der Waals surface area contributed by atoms with Gasteiger partial charge in [-0.05, 0) is 52.9 Å². The third kappa shape index (κ3) is 4.81. The topological polar surface area (TPSA) is 69.7 Å². The van der Waals surface area contributed by atoms with Crippen LogP contribution in [0.5, 0.6) is 0 Å². The average molecular weight is 485 g/mol. The van der Waals surface area contributed by atoms with Gasteiger partial charge in [0, 0.05) is 35.4 Å². The normalized spacial score (nSPS) is 16.3. The molecule has 1 amide bonds. The molecule has 0 aromatic heterocycles. The van der Waals surface area contributed by atoms with E-state index in [1.807, 2.05) is 29.2 Å². The number of sulfonamides is 1. The zero-order chi connectivity index (χ0) is 18.6. The first-order valence-electron chi connectivity index (χ1n) is 8.28. The highest BCUT2D eigenvalue weighted by Gasteiger charge is 2.28. The molecule has 3 rings (SSSR count). The van der Waals surface area contributed by atoms with Gasteiger partial charge in [-0.3, -0.25) is 9.69 Å². The second-order valence-corrected chi connectivity index (χ2v) is 9.24. The molecule has 1 heterocycles. The van der Waals surface area contributed by atoms with Crippen molar-refractivity contribution >= 4 is 44.2 Å². The van der Waals surface area contributed by atoms with Crippen LogP contribution in [0.15, 0.2) is 59.5 Å². The lowest BCUT2D eigenvalue weighted by atomic mass is 10.3. The van der Waals surface area contributed by atoms with E-state index in [9.17, 15) is 13.2 Å². The van der Waals surface area contributed by atoms with E-state index < -0.39 is 10.0 Å². The number of carbonyl (C=O) groups is 1. The van der Waals surface area contributed by atoms with Gasteiger partial charge in [-0.25, -0.2) is 8.42 Å². The van der Waals surface area contributed by atoms with Crippen molar-refractivity contribution < 1.29 is 13.2 Å². The molecule has 1 aliphatic rings. The van der Waals surface area contributed by atoms with Crippen LogP contribution in [0.25, 0.3) is 0 Å². The highest BCUT2D eigenvalue weighted by atomic mass is 127. The van der Waals surface area contributed by atoms with Crippen LogP contribution in [0.2, 0.25) is 0 Å². The molecule has 0 unspecified atom stereocenters. The van der Waals surface area contributed by atoms with Crippen molar-refractivity contribution in [2.45, 2.75) is 4.90 Å². The first-order valence-corrected chi connectivity index (χ1v) is 10.8. The number of nitrogens with zero attached hydrogens (tertiary/aromatic N) is 2. The number of piperazine rings is 1. The van der Waals surface area contributed by atoms with Crippen LogP contribution >= 0.6 is 22.6 Å². The number of benzene rings is 2. The maximum Gasteiger partial charge on any atom is 0.243 e. The predicted octanol–water partition coefficient (Wildman–Crippen LogP) is 2.24. The molecule has 1 fully saturated rings. The SMILES string of the molecule is O=C(CN1CCN(S(=O)(=O)c2ccccc2)CC1)Nc1cccc(I)c1. The average Bonchev–Trinajstić information content (AvgIpc) is 2.63. The molecule has 26 heavy (non-hydrogen) atoms. The van der Waals surface area contributed by atoms with Crippen molar-refractivity contribution in [2.75, 3.05) is 38.0 Å². The minimum absolute atomic E-state index is 0.0913. The molecule has 1 aliphatic heterocycles. The molecule has 2 aromatic carbocycles. The van der Waals surface area contributed by atoms with Gasteiger partial charge in [0.15, 0.2) is 0 Å². The Morgan fingerprint density at radius 1 is 1.00 bits per heavy atom. The Kier molecular flexibility index (Phi) is 6.28. The number of hydrogen-bond acceptors (Lipinski definition) is 4. The van der Waals surface area contributed by atoms with E-state index in [0.717, 1.165) is 9.26 Å². The van der Waals surface area contributed by atoms with Gasteiger partial charge in [-0.15, -0.1) is 0 Å². The Morgan fingerprint density at radius 2 is 1.69 bits per heavy atom. The van der Waals surface area contributed by atoms with E-state index in [0.29, 0.717) is 31.1 Å². The van der Waals surface area contributed by atoms with Gasteiger partial charge in [-0.1, -0.05) is 24.3 Å². The van der Waals surface area contributed by atoms with E-state index in [4.69, 9.17) is 0 Å². The maximum absolute atomic E-state index is 12.6. The fraction of sp³-hybridized carbons (Fsp3) is 0.278. The third-order valence-corrected chi connectivity index (χ3v) is 6.77. The standard InChI is InChI=1S/C18H20IN3O3S/c19-15-5-4-6-16(13-15)20-18(23)14-21-9-11-22(12-10-21)26(24,25)17-7-2-1-3-8-17/h1-8,13H,9-12,14H2,(H,20,23). The summed E-state index contributed by atoms with van der Waals surface area (Å²) in [6.45, 7) is 2.09. The van der Waals surface area contributed by atoms with Crippen molar-refractivity contribution in [1.29, 1.82) is 0 Å². The monoisotopic (exact) mass is 485 g/mol. The molecule has 0 atom stereocenters. The summed E-state index contributed by atoms with van der Waals surface area (Å²) in [6.07, 6.45) is 0. The van der Waals surface area contributed by atoms with Crippen LogP contribution in [0.3, 0.4) is 0 Å². The smallest absolute Gasteiger partial charge is 0.243 e. The lowest BCUT2D eigenvalue weighted by Crippen LogP contribution is -2.50. The van der Waals surface area contributed by atoms with Gasteiger partial charge in [0.25, 0.3) is 0 Å². The van der Waals surface area contributed by atoms with Gasteiger partial charge in [0.2, 0.25) is 15.9 Å². The summed E-state index contributed by atoms with van der Waals surface area (Å²) in [7, 11) is -3.46. The zero-order valence-electron chi connectivity index (χ0n) is 14.1. The fourth-order valence-corrected chi connectivity index (χ4v) is 4.83. The number of anilines is 1. The Morgan fingerprint density at radius 3 is 2.35 bits per heavy atom. The largest absolute Gasteiger partial charge is 0.325 e. The summed E-state index contributed by atoms with van der Waals surface area (Å²) in [5, 5.41) is 2.88. The Bertz CT molecular complexity index is 866. The summed E-state index contributed by atoms with van der Waals surface area (Å²) in [4.78, 5) is 14.5. The molecule has 1 N–H and O–H groups in total. The molecular formula is C18H20IN3O3S. The van der Waals surface area contributed by atoms with Crippen LogP contribution in [0, 0.1) is 3.57 Å². The molecule has 0 aliphatic carbocycles. The second kappa shape index (κ2) is 8.47. The van der Waals surface area contributed by atoms with Crippen LogP contribution in [0.4, 0.5) is 5.69 Å². The lowest BCUT2D eigenvalue weighted by molar-refractivity contribution is -0.117. The highest BCUT2D eigenvalue weighted by molar-refractivity contribution is 14.1. The van der Waals surface area contributed by atoms with Crippen LogP contribution in [0.1, 0.15) is 0 Å². The number of carbonyl (C=O) groups excluding carboxylic acids is 1. The molecule has 8 heteroatoms. The quantitative estimate of drug-likeness (QED) is 0.660. The van der Waals surface area contributed by atoms with Crippen molar-refractivity contribution in [3.63, 3.8) is 0 Å². The van der Waals surface area contributed by atoms with E-state index in [-0.39, 0.29) is 12.5 Å². The summed E-state index contributed by atoms with van der Waals surface area (Å²) < 4.78 is 27.8. The Labute approximate surface area is 167 Å². The highest BCUT2D eigenvalue weighted by Crippen LogP contribution is 2.17.